The summed E-state index contributed by atoms with van der Waals surface area (Å²) in [6, 6.07) is 0. The van der Waals surface area contributed by atoms with Gasteiger partial charge in [-0.3, -0.25) is 4.79 Å². The number of aromatic nitrogens is 1. The Balaban J connectivity index is 2.21. The smallest absolute Gasteiger partial charge is 0.186 e. The molecule has 5 heteroatoms. The fourth-order valence-corrected chi connectivity index (χ4v) is 2.61. The van der Waals surface area contributed by atoms with Crippen molar-refractivity contribution < 1.29 is 9.53 Å². The van der Waals surface area contributed by atoms with Crippen molar-refractivity contribution in [3.63, 3.8) is 0 Å². The van der Waals surface area contributed by atoms with Gasteiger partial charge < -0.3 is 9.64 Å². The van der Waals surface area contributed by atoms with Gasteiger partial charge in [-0.2, -0.15) is 0 Å². The van der Waals surface area contributed by atoms with Crippen LogP contribution in [0.4, 0.5) is 5.13 Å². The first-order chi connectivity index (χ1) is 7.18. The number of rotatable bonds is 2. The molecule has 2 rings (SSSR count). The maximum Gasteiger partial charge on any atom is 0.186 e. The van der Waals surface area contributed by atoms with Gasteiger partial charge in [0.1, 0.15) is 0 Å². The van der Waals surface area contributed by atoms with Crippen molar-refractivity contribution in [1.82, 2.24) is 4.98 Å². The second-order valence-corrected chi connectivity index (χ2v) is 4.54. The van der Waals surface area contributed by atoms with E-state index in [1.54, 1.807) is 6.92 Å². The van der Waals surface area contributed by atoms with E-state index >= 15 is 0 Å². The maximum absolute atomic E-state index is 11.3. The third-order valence-electron chi connectivity index (χ3n) is 2.39. The van der Waals surface area contributed by atoms with Gasteiger partial charge in [-0.15, -0.1) is 0 Å². The number of ketones is 1. The first-order valence-corrected chi connectivity index (χ1v) is 5.81. The zero-order valence-corrected chi connectivity index (χ0v) is 9.76. The molecule has 0 aliphatic carbocycles. The molecule has 0 spiro atoms. The molecule has 15 heavy (non-hydrogen) atoms. The second kappa shape index (κ2) is 4.28. The topological polar surface area (TPSA) is 42.4 Å². The van der Waals surface area contributed by atoms with Gasteiger partial charge in [0, 0.05) is 20.0 Å². The average molecular weight is 226 g/mol. The highest BCUT2D eigenvalue weighted by atomic mass is 32.1. The predicted octanol–water partition coefficient (Wildman–Crippen LogP) is 1.49. The van der Waals surface area contributed by atoms with E-state index in [9.17, 15) is 4.79 Å². The second-order valence-electron chi connectivity index (χ2n) is 3.57. The number of aryl methyl sites for hydroxylation is 1. The SMILES string of the molecule is CC(=O)c1sc(N2CCOCC2)nc1C. The molecule has 1 saturated heterocycles. The lowest BCUT2D eigenvalue weighted by Crippen LogP contribution is -2.36. The van der Waals surface area contributed by atoms with E-state index in [4.69, 9.17) is 4.74 Å². The molecular formula is C10H14N2O2S. The van der Waals surface area contributed by atoms with Crippen LogP contribution < -0.4 is 4.90 Å². The van der Waals surface area contributed by atoms with Gasteiger partial charge in [-0.25, -0.2) is 4.98 Å². The van der Waals surface area contributed by atoms with Crippen LogP contribution in [0.1, 0.15) is 22.3 Å². The summed E-state index contributed by atoms with van der Waals surface area (Å²) in [7, 11) is 0. The van der Waals surface area contributed by atoms with Crippen molar-refractivity contribution in [2.45, 2.75) is 13.8 Å². The molecule has 1 aromatic heterocycles. The van der Waals surface area contributed by atoms with E-state index in [-0.39, 0.29) is 5.78 Å². The molecule has 1 aliphatic rings. The number of nitrogens with zero attached hydrogens (tertiary/aromatic N) is 2. The summed E-state index contributed by atoms with van der Waals surface area (Å²) in [5, 5.41) is 0.945. The predicted molar refractivity (Wildman–Crippen MR) is 59.9 cm³/mol. The summed E-state index contributed by atoms with van der Waals surface area (Å²) in [6.07, 6.45) is 0. The summed E-state index contributed by atoms with van der Waals surface area (Å²) >= 11 is 1.48. The maximum atomic E-state index is 11.3. The molecule has 1 aromatic rings. The number of thiazole rings is 1. The van der Waals surface area contributed by atoms with Crippen LogP contribution in [0.25, 0.3) is 0 Å². The quantitative estimate of drug-likeness (QED) is 0.717. The van der Waals surface area contributed by atoms with Gasteiger partial charge in [0.15, 0.2) is 10.9 Å². The summed E-state index contributed by atoms with van der Waals surface area (Å²) in [4.78, 5) is 18.7. The number of anilines is 1. The highest BCUT2D eigenvalue weighted by molar-refractivity contribution is 7.17. The van der Waals surface area contributed by atoms with E-state index in [0.717, 1.165) is 42.0 Å². The fraction of sp³-hybridized carbons (Fsp3) is 0.600. The van der Waals surface area contributed by atoms with Crippen molar-refractivity contribution >= 4 is 22.3 Å². The van der Waals surface area contributed by atoms with Crippen molar-refractivity contribution in [2.75, 3.05) is 31.2 Å². The van der Waals surface area contributed by atoms with E-state index in [1.165, 1.54) is 11.3 Å². The zero-order valence-electron chi connectivity index (χ0n) is 8.95. The lowest BCUT2D eigenvalue weighted by Gasteiger charge is -2.25. The van der Waals surface area contributed by atoms with Gasteiger partial charge in [0.05, 0.1) is 23.8 Å². The normalized spacial score (nSPS) is 16.8. The Morgan fingerprint density at radius 2 is 2.13 bits per heavy atom. The molecular weight excluding hydrogens is 212 g/mol. The Hall–Kier alpha value is -0.940. The van der Waals surface area contributed by atoms with Crippen molar-refractivity contribution in [1.29, 1.82) is 0 Å². The molecule has 4 nitrogen and oxygen atoms in total. The number of hydrogen-bond donors (Lipinski definition) is 0. The number of carbonyl (C=O) groups excluding carboxylic acids is 1. The molecule has 0 N–H and O–H groups in total. The molecule has 1 aliphatic heterocycles. The van der Waals surface area contributed by atoms with E-state index in [0.29, 0.717) is 0 Å². The minimum atomic E-state index is 0.101. The summed E-state index contributed by atoms with van der Waals surface area (Å²) < 4.78 is 5.27. The molecule has 0 atom stereocenters. The van der Waals surface area contributed by atoms with Crippen LogP contribution in [-0.2, 0) is 4.74 Å². The molecule has 0 amide bonds. The standard InChI is InChI=1S/C10H14N2O2S/c1-7-9(8(2)13)15-10(11-7)12-3-5-14-6-4-12/h3-6H2,1-2H3. The molecule has 1 fully saturated rings. The van der Waals surface area contributed by atoms with Crippen LogP contribution in [0, 0.1) is 6.92 Å². The Kier molecular flexibility index (Phi) is 3.02. The number of ether oxygens (including phenoxy) is 1. The Morgan fingerprint density at radius 1 is 1.47 bits per heavy atom. The molecule has 0 aromatic carbocycles. The van der Waals surface area contributed by atoms with Gasteiger partial charge in [-0.05, 0) is 6.92 Å². The van der Waals surface area contributed by atoms with Gasteiger partial charge in [0.2, 0.25) is 0 Å². The number of hydrogen-bond acceptors (Lipinski definition) is 5. The van der Waals surface area contributed by atoms with Gasteiger partial charge in [-0.1, -0.05) is 11.3 Å². The molecule has 0 saturated carbocycles. The summed E-state index contributed by atoms with van der Waals surface area (Å²) in [5.41, 5.74) is 0.842. The highest BCUT2D eigenvalue weighted by Gasteiger charge is 2.18. The van der Waals surface area contributed by atoms with Gasteiger partial charge >= 0.3 is 0 Å². The molecule has 2 heterocycles. The van der Waals surface area contributed by atoms with Crippen molar-refractivity contribution in [2.24, 2.45) is 0 Å². The van der Waals surface area contributed by atoms with Crippen LogP contribution in [0.15, 0.2) is 0 Å². The van der Waals surface area contributed by atoms with Gasteiger partial charge in [0.25, 0.3) is 0 Å². The Bertz CT molecular complexity index is 369. The Labute approximate surface area is 92.9 Å². The van der Waals surface area contributed by atoms with Crippen LogP contribution >= 0.6 is 11.3 Å². The first-order valence-electron chi connectivity index (χ1n) is 4.99. The van der Waals surface area contributed by atoms with Crippen molar-refractivity contribution in [3.8, 4) is 0 Å². The van der Waals surface area contributed by atoms with Crippen molar-refractivity contribution in [3.05, 3.63) is 10.6 Å². The van der Waals surface area contributed by atoms with E-state index < -0.39 is 0 Å². The lowest BCUT2D eigenvalue weighted by molar-refractivity contribution is 0.102. The largest absolute Gasteiger partial charge is 0.378 e. The summed E-state index contributed by atoms with van der Waals surface area (Å²) in [5.74, 6) is 0.101. The fourth-order valence-electron chi connectivity index (χ4n) is 1.60. The van der Waals surface area contributed by atoms with Crippen LogP contribution in [0.2, 0.25) is 0 Å². The van der Waals surface area contributed by atoms with Crippen LogP contribution in [0.3, 0.4) is 0 Å². The van der Waals surface area contributed by atoms with Crippen LogP contribution in [-0.4, -0.2) is 37.1 Å². The molecule has 0 unspecified atom stereocenters. The Morgan fingerprint density at radius 3 is 2.67 bits per heavy atom. The first kappa shape index (κ1) is 10.6. The number of carbonyl (C=O) groups is 1. The highest BCUT2D eigenvalue weighted by Crippen LogP contribution is 2.26. The zero-order chi connectivity index (χ0) is 10.8. The number of Topliss-reactive ketones (excluding diaryl/α,β-unsaturated/α-hetero) is 1. The van der Waals surface area contributed by atoms with E-state index in [1.807, 2.05) is 6.92 Å². The molecule has 82 valence electrons. The monoisotopic (exact) mass is 226 g/mol. The lowest BCUT2D eigenvalue weighted by atomic mass is 10.3. The summed E-state index contributed by atoms with van der Waals surface area (Å²) in [6.45, 7) is 6.69. The van der Waals surface area contributed by atoms with Crippen LogP contribution in [0.5, 0.6) is 0 Å². The third kappa shape index (κ3) is 2.18. The van der Waals surface area contributed by atoms with E-state index in [2.05, 4.69) is 9.88 Å². The average Bonchev–Trinajstić information content (AvgIpc) is 2.62. The molecule has 0 radical (unpaired) electrons. The minimum absolute atomic E-state index is 0.101. The number of morpholine rings is 1. The third-order valence-corrected chi connectivity index (χ3v) is 3.71. The minimum Gasteiger partial charge on any atom is -0.378 e. The molecule has 0 bridgehead atoms.